The standard InChI is InChI=1S/C17H21ClN2O/c1-19-15(11-14-9-10-20-12-17(14)18)6-3-13-4-7-16(21-2)8-5-13/h4-5,7-10,12,15,19H,3,6,11H2,1-2H3. The number of hydrogen-bond acceptors (Lipinski definition) is 3. The van der Waals surface area contributed by atoms with Gasteiger partial charge in [0.05, 0.1) is 12.1 Å². The highest BCUT2D eigenvalue weighted by molar-refractivity contribution is 6.31. The molecule has 0 aliphatic carbocycles. The number of aromatic nitrogens is 1. The zero-order chi connectivity index (χ0) is 15.1. The number of likely N-dealkylation sites (N-methyl/N-ethyl adjacent to an activating group) is 1. The van der Waals surface area contributed by atoms with Crippen molar-refractivity contribution in [1.82, 2.24) is 10.3 Å². The molecule has 2 rings (SSSR count). The second-order valence-corrected chi connectivity index (χ2v) is 5.45. The summed E-state index contributed by atoms with van der Waals surface area (Å²) in [5.41, 5.74) is 2.46. The SMILES string of the molecule is CNC(CCc1ccc(OC)cc1)Cc1ccncc1Cl. The first-order chi connectivity index (χ1) is 10.2. The van der Waals surface area contributed by atoms with Crippen molar-refractivity contribution in [2.24, 2.45) is 0 Å². The lowest BCUT2D eigenvalue weighted by molar-refractivity contribution is 0.414. The van der Waals surface area contributed by atoms with Gasteiger partial charge in [0.1, 0.15) is 5.75 Å². The van der Waals surface area contributed by atoms with Gasteiger partial charge in [-0.3, -0.25) is 4.98 Å². The number of aryl methyl sites for hydroxylation is 1. The lowest BCUT2D eigenvalue weighted by Gasteiger charge is -2.17. The van der Waals surface area contributed by atoms with Crippen molar-refractivity contribution in [2.75, 3.05) is 14.2 Å². The Morgan fingerprint density at radius 1 is 1.24 bits per heavy atom. The van der Waals surface area contributed by atoms with Crippen LogP contribution in [0.1, 0.15) is 17.5 Å². The maximum atomic E-state index is 6.17. The van der Waals surface area contributed by atoms with Crippen molar-refractivity contribution in [3.05, 3.63) is 58.9 Å². The monoisotopic (exact) mass is 304 g/mol. The summed E-state index contributed by atoms with van der Waals surface area (Å²) in [6.07, 6.45) is 6.48. The molecule has 0 spiro atoms. The molecule has 0 saturated heterocycles. The summed E-state index contributed by atoms with van der Waals surface area (Å²) in [6.45, 7) is 0. The highest BCUT2D eigenvalue weighted by Crippen LogP contribution is 2.18. The number of halogens is 1. The molecule has 1 N–H and O–H groups in total. The zero-order valence-corrected chi connectivity index (χ0v) is 13.2. The maximum absolute atomic E-state index is 6.17. The number of pyridine rings is 1. The van der Waals surface area contributed by atoms with Crippen molar-refractivity contribution in [2.45, 2.75) is 25.3 Å². The highest BCUT2D eigenvalue weighted by atomic mass is 35.5. The normalized spacial score (nSPS) is 12.1. The predicted octanol–water partition coefficient (Wildman–Crippen LogP) is 3.51. The minimum atomic E-state index is 0.395. The third-order valence-electron chi connectivity index (χ3n) is 3.67. The molecule has 4 heteroatoms. The molecule has 1 aromatic heterocycles. The molecular formula is C17H21ClN2O. The van der Waals surface area contributed by atoms with Crippen LogP contribution in [-0.2, 0) is 12.8 Å². The molecule has 0 aliphatic rings. The Hall–Kier alpha value is -1.58. The highest BCUT2D eigenvalue weighted by Gasteiger charge is 2.10. The van der Waals surface area contributed by atoms with E-state index in [2.05, 4.69) is 22.4 Å². The van der Waals surface area contributed by atoms with E-state index in [0.717, 1.165) is 35.6 Å². The van der Waals surface area contributed by atoms with E-state index in [0.29, 0.717) is 6.04 Å². The van der Waals surface area contributed by atoms with Crippen LogP contribution in [-0.4, -0.2) is 25.2 Å². The van der Waals surface area contributed by atoms with Crippen LogP contribution in [0.5, 0.6) is 5.75 Å². The van der Waals surface area contributed by atoms with Crippen LogP contribution in [0.15, 0.2) is 42.7 Å². The number of rotatable bonds is 7. The first-order valence-corrected chi connectivity index (χ1v) is 7.49. The number of nitrogens with zero attached hydrogens (tertiary/aromatic N) is 1. The van der Waals surface area contributed by atoms with E-state index in [1.165, 1.54) is 5.56 Å². The molecule has 0 saturated carbocycles. The Morgan fingerprint density at radius 3 is 2.62 bits per heavy atom. The van der Waals surface area contributed by atoms with E-state index in [1.807, 2.05) is 25.2 Å². The predicted molar refractivity (Wildman–Crippen MR) is 87.1 cm³/mol. The largest absolute Gasteiger partial charge is 0.497 e. The average molecular weight is 305 g/mol. The van der Waals surface area contributed by atoms with Crippen molar-refractivity contribution >= 4 is 11.6 Å². The molecule has 2 aromatic rings. The Labute approximate surface area is 131 Å². The lowest BCUT2D eigenvalue weighted by atomic mass is 9.99. The number of ether oxygens (including phenoxy) is 1. The Balaban J connectivity index is 1.91. The van der Waals surface area contributed by atoms with Crippen LogP contribution in [0.3, 0.4) is 0 Å². The van der Waals surface area contributed by atoms with Gasteiger partial charge < -0.3 is 10.1 Å². The van der Waals surface area contributed by atoms with Crippen LogP contribution in [0, 0.1) is 0 Å². The van der Waals surface area contributed by atoms with E-state index in [-0.39, 0.29) is 0 Å². The fourth-order valence-electron chi connectivity index (χ4n) is 2.32. The molecule has 112 valence electrons. The third kappa shape index (κ3) is 4.73. The topological polar surface area (TPSA) is 34.1 Å². The van der Waals surface area contributed by atoms with Crippen molar-refractivity contribution < 1.29 is 4.74 Å². The number of benzene rings is 1. The van der Waals surface area contributed by atoms with E-state index in [1.54, 1.807) is 19.5 Å². The van der Waals surface area contributed by atoms with Gasteiger partial charge in [-0.1, -0.05) is 23.7 Å². The molecular weight excluding hydrogens is 284 g/mol. The van der Waals surface area contributed by atoms with Gasteiger partial charge in [0.25, 0.3) is 0 Å². The molecule has 0 bridgehead atoms. The molecule has 0 amide bonds. The van der Waals surface area contributed by atoms with Gasteiger partial charge in [-0.15, -0.1) is 0 Å². The summed E-state index contributed by atoms with van der Waals surface area (Å²) >= 11 is 6.17. The molecule has 0 fully saturated rings. The maximum Gasteiger partial charge on any atom is 0.118 e. The summed E-state index contributed by atoms with van der Waals surface area (Å²) in [6, 6.07) is 10.6. The van der Waals surface area contributed by atoms with Crippen LogP contribution in [0.4, 0.5) is 0 Å². The lowest BCUT2D eigenvalue weighted by Crippen LogP contribution is -2.28. The van der Waals surface area contributed by atoms with E-state index < -0.39 is 0 Å². The molecule has 1 unspecified atom stereocenters. The first kappa shape index (κ1) is 15.8. The number of methoxy groups -OCH3 is 1. The summed E-state index contributed by atoms with van der Waals surface area (Å²) in [7, 11) is 3.68. The van der Waals surface area contributed by atoms with Crippen LogP contribution >= 0.6 is 11.6 Å². The second-order valence-electron chi connectivity index (χ2n) is 5.04. The van der Waals surface area contributed by atoms with Gasteiger partial charge in [-0.2, -0.15) is 0 Å². The van der Waals surface area contributed by atoms with E-state index in [9.17, 15) is 0 Å². The molecule has 1 heterocycles. The van der Waals surface area contributed by atoms with Gasteiger partial charge in [-0.05, 0) is 55.6 Å². The molecule has 0 radical (unpaired) electrons. The van der Waals surface area contributed by atoms with Crippen molar-refractivity contribution in [1.29, 1.82) is 0 Å². The first-order valence-electron chi connectivity index (χ1n) is 7.11. The van der Waals surface area contributed by atoms with Gasteiger partial charge in [-0.25, -0.2) is 0 Å². The van der Waals surface area contributed by atoms with Crippen LogP contribution in [0.25, 0.3) is 0 Å². The summed E-state index contributed by atoms with van der Waals surface area (Å²) in [4.78, 5) is 4.02. The quantitative estimate of drug-likeness (QED) is 0.850. The Morgan fingerprint density at radius 2 is 2.00 bits per heavy atom. The minimum Gasteiger partial charge on any atom is -0.497 e. The fraction of sp³-hybridized carbons (Fsp3) is 0.353. The second kappa shape index (κ2) is 8.01. The number of nitrogens with one attached hydrogen (secondary N) is 1. The van der Waals surface area contributed by atoms with Crippen molar-refractivity contribution in [3.63, 3.8) is 0 Å². The fourth-order valence-corrected chi connectivity index (χ4v) is 2.51. The molecule has 21 heavy (non-hydrogen) atoms. The molecule has 1 aromatic carbocycles. The van der Waals surface area contributed by atoms with Gasteiger partial charge in [0, 0.05) is 18.4 Å². The van der Waals surface area contributed by atoms with Gasteiger partial charge in [0.15, 0.2) is 0 Å². The zero-order valence-electron chi connectivity index (χ0n) is 12.5. The van der Waals surface area contributed by atoms with E-state index in [4.69, 9.17) is 16.3 Å². The summed E-state index contributed by atoms with van der Waals surface area (Å²) < 4.78 is 5.18. The molecule has 1 atom stereocenters. The third-order valence-corrected chi connectivity index (χ3v) is 4.01. The number of hydrogen-bond donors (Lipinski definition) is 1. The van der Waals surface area contributed by atoms with Gasteiger partial charge in [0.2, 0.25) is 0 Å². The minimum absolute atomic E-state index is 0.395. The van der Waals surface area contributed by atoms with E-state index >= 15 is 0 Å². The van der Waals surface area contributed by atoms with Crippen molar-refractivity contribution in [3.8, 4) is 5.75 Å². The van der Waals surface area contributed by atoms with Crippen LogP contribution in [0.2, 0.25) is 5.02 Å². The average Bonchev–Trinajstić information content (AvgIpc) is 2.53. The van der Waals surface area contributed by atoms with Gasteiger partial charge >= 0.3 is 0 Å². The summed E-state index contributed by atoms with van der Waals surface area (Å²) in [5, 5.41) is 4.10. The smallest absolute Gasteiger partial charge is 0.118 e. The molecule has 3 nitrogen and oxygen atoms in total. The Kier molecular flexibility index (Phi) is 6.03. The Bertz CT molecular complexity index is 557. The molecule has 0 aliphatic heterocycles. The summed E-state index contributed by atoms with van der Waals surface area (Å²) in [5.74, 6) is 0.896. The van der Waals surface area contributed by atoms with Crippen LogP contribution < -0.4 is 10.1 Å².